The van der Waals surface area contributed by atoms with E-state index < -0.39 is 5.41 Å². The summed E-state index contributed by atoms with van der Waals surface area (Å²) in [4.78, 5) is 2.39. The molecule has 3 heteroatoms. The first kappa shape index (κ1) is 15.0. The first-order valence-electron chi connectivity index (χ1n) is 7.92. The van der Waals surface area contributed by atoms with E-state index in [0.717, 1.165) is 44.8 Å². The third-order valence-electron chi connectivity index (χ3n) is 4.66. The Balaban J connectivity index is 1.86. The lowest BCUT2D eigenvalue weighted by molar-refractivity contribution is 0.0358. The van der Waals surface area contributed by atoms with Crippen LogP contribution in [-0.2, 0) is 10.2 Å². The quantitative estimate of drug-likeness (QED) is 0.867. The first-order chi connectivity index (χ1) is 10.7. The van der Waals surface area contributed by atoms with Crippen LogP contribution in [0, 0.1) is 11.3 Å². The van der Waals surface area contributed by atoms with Gasteiger partial charge in [0, 0.05) is 19.6 Å². The minimum Gasteiger partial charge on any atom is -0.379 e. The van der Waals surface area contributed by atoms with Gasteiger partial charge in [-0.25, -0.2) is 0 Å². The van der Waals surface area contributed by atoms with Gasteiger partial charge >= 0.3 is 0 Å². The Morgan fingerprint density at radius 3 is 2.64 bits per heavy atom. The molecule has 1 saturated heterocycles. The van der Waals surface area contributed by atoms with Gasteiger partial charge in [-0.05, 0) is 29.7 Å². The highest BCUT2D eigenvalue weighted by molar-refractivity contribution is 5.87. The molecule has 1 aliphatic heterocycles. The fourth-order valence-electron chi connectivity index (χ4n) is 3.16. The van der Waals surface area contributed by atoms with E-state index in [-0.39, 0.29) is 0 Å². The molecule has 2 aromatic rings. The van der Waals surface area contributed by atoms with Crippen LogP contribution in [0.2, 0.25) is 0 Å². The number of benzene rings is 2. The lowest BCUT2D eigenvalue weighted by Gasteiger charge is -2.30. The van der Waals surface area contributed by atoms with Gasteiger partial charge in [0.15, 0.2) is 0 Å². The fraction of sp³-hybridized carbons (Fsp3) is 0.421. The third kappa shape index (κ3) is 2.99. The summed E-state index contributed by atoms with van der Waals surface area (Å²) in [5.41, 5.74) is 0.681. The number of hydrogen-bond acceptors (Lipinski definition) is 3. The molecular weight excluding hydrogens is 272 g/mol. The van der Waals surface area contributed by atoms with Crippen LogP contribution in [0.4, 0.5) is 0 Å². The summed E-state index contributed by atoms with van der Waals surface area (Å²) in [5.74, 6) is 0. The molecule has 22 heavy (non-hydrogen) atoms. The van der Waals surface area contributed by atoms with E-state index in [2.05, 4.69) is 48.2 Å². The van der Waals surface area contributed by atoms with Crippen LogP contribution in [0.3, 0.4) is 0 Å². The Kier molecular flexibility index (Phi) is 4.42. The number of morpholine rings is 1. The van der Waals surface area contributed by atoms with E-state index in [4.69, 9.17) is 4.74 Å². The van der Waals surface area contributed by atoms with Gasteiger partial charge in [-0.3, -0.25) is 4.90 Å². The highest BCUT2D eigenvalue weighted by atomic mass is 16.5. The van der Waals surface area contributed by atoms with Gasteiger partial charge in [-0.1, -0.05) is 42.5 Å². The van der Waals surface area contributed by atoms with E-state index in [9.17, 15) is 5.26 Å². The van der Waals surface area contributed by atoms with Crippen molar-refractivity contribution in [2.24, 2.45) is 0 Å². The van der Waals surface area contributed by atoms with Crippen molar-refractivity contribution in [2.75, 3.05) is 32.8 Å². The third-order valence-corrected chi connectivity index (χ3v) is 4.66. The highest BCUT2D eigenvalue weighted by Gasteiger charge is 2.29. The molecule has 0 bridgehead atoms. The van der Waals surface area contributed by atoms with Crippen LogP contribution >= 0.6 is 0 Å². The molecule has 0 amide bonds. The number of nitriles is 1. The van der Waals surface area contributed by atoms with E-state index in [1.54, 1.807) is 0 Å². The van der Waals surface area contributed by atoms with E-state index >= 15 is 0 Å². The molecule has 1 fully saturated rings. The molecule has 0 unspecified atom stereocenters. The summed E-state index contributed by atoms with van der Waals surface area (Å²) in [6.07, 6.45) is 0.845. The number of rotatable bonds is 4. The molecule has 3 rings (SSSR count). The number of hydrogen-bond donors (Lipinski definition) is 0. The predicted molar refractivity (Wildman–Crippen MR) is 88.8 cm³/mol. The van der Waals surface area contributed by atoms with Crippen LogP contribution in [-0.4, -0.2) is 37.7 Å². The van der Waals surface area contributed by atoms with Crippen molar-refractivity contribution in [3.8, 4) is 6.07 Å². The SMILES string of the molecule is C[C@](C#N)(CCN1CCOCC1)c1cccc2ccccc12. The zero-order chi connectivity index (χ0) is 15.4. The van der Waals surface area contributed by atoms with Gasteiger partial charge in [0.25, 0.3) is 0 Å². The van der Waals surface area contributed by atoms with Gasteiger partial charge < -0.3 is 4.74 Å². The Morgan fingerprint density at radius 1 is 1.14 bits per heavy atom. The van der Waals surface area contributed by atoms with Crippen molar-refractivity contribution in [2.45, 2.75) is 18.8 Å². The van der Waals surface area contributed by atoms with Gasteiger partial charge in [0.1, 0.15) is 0 Å². The Labute approximate surface area is 132 Å². The average molecular weight is 294 g/mol. The van der Waals surface area contributed by atoms with Gasteiger partial charge in [-0.2, -0.15) is 5.26 Å². The number of nitrogens with zero attached hydrogens (tertiary/aromatic N) is 2. The van der Waals surface area contributed by atoms with Crippen LogP contribution in [0.1, 0.15) is 18.9 Å². The van der Waals surface area contributed by atoms with Crippen LogP contribution < -0.4 is 0 Å². The van der Waals surface area contributed by atoms with Gasteiger partial charge in [-0.15, -0.1) is 0 Å². The lowest BCUT2D eigenvalue weighted by Crippen LogP contribution is -2.39. The standard InChI is InChI=1S/C19H22N2O/c1-19(15-20,9-10-21-11-13-22-14-12-21)18-8-4-6-16-5-2-3-7-17(16)18/h2-8H,9-14H2,1H3/t19-/m1/s1. The molecule has 0 aliphatic carbocycles. The molecule has 1 aliphatic rings. The zero-order valence-corrected chi connectivity index (χ0v) is 13.1. The van der Waals surface area contributed by atoms with Crippen LogP contribution in [0.25, 0.3) is 10.8 Å². The maximum Gasteiger partial charge on any atom is 0.0812 e. The van der Waals surface area contributed by atoms with Gasteiger partial charge in [0.05, 0.1) is 24.7 Å². The summed E-state index contributed by atoms with van der Waals surface area (Å²) in [7, 11) is 0. The second-order valence-corrected chi connectivity index (χ2v) is 6.17. The summed E-state index contributed by atoms with van der Waals surface area (Å²) < 4.78 is 5.39. The predicted octanol–water partition coefficient (Wildman–Crippen LogP) is 3.34. The molecule has 1 heterocycles. The highest BCUT2D eigenvalue weighted by Crippen LogP contribution is 2.33. The molecule has 0 radical (unpaired) electrons. The van der Waals surface area contributed by atoms with Crippen LogP contribution in [0.5, 0.6) is 0 Å². The van der Waals surface area contributed by atoms with Crippen molar-refractivity contribution >= 4 is 10.8 Å². The number of fused-ring (bicyclic) bond motifs is 1. The lowest BCUT2D eigenvalue weighted by atomic mass is 9.78. The largest absolute Gasteiger partial charge is 0.379 e. The Morgan fingerprint density at radius 2 is 1.86 bits per heavy atom. The average Bonchev–Trinajstić information content (AvgIpc) is 2.60. The van der Waals surface area contributed by atoms with Crippen molar-refractivity contribution in [1.29, 1.82) is 5.26 Å². The van der Waals surface area contributed by atoms with Crippen molar-refractivity contribution in [1.82, 2.24) is 4.90 Å². The van der Waals surface area contributed by atoms with Crippen LogP contribution in [0.15, 0.2) is 42.5 Å². The maximum atomic E-state index is 9.83. The molecule has 0 saturated carbocycles. The van der Waals surface area contributed by atoms with E-state index in [1.807, 2.05) is 12.1 Å². The Bertz CT molecular complexity index is 680. The molecule has 0 spiro atoms. The summed E-state index contributed by atoms with van der Waals surface area (Å²) >= 11 is 0. The normalized spacial score (nSPS) is 18.7. The first-order valence-corrected chi connectivity index (χ1v) is 7.92. The van der Waals surface area contributed by atoms with Crippen molar-refractivity contribution in [3.05, 3.63) is 48.0 Å². The second-order valence-electron chi connectivity index (χ2n) is 6.17. The summed E-state index contributed by atoms with van der Waals surface area (Å²) in [5, 5.41) is 12.2. The minimum atomic E-state index is -0.459. The maximum absolute atomic E-state index is 9.83. The summed E-state index contributed by atoms with van der Waals surface area (Å²) in [6, 6.07) is 17.2. The minimum absolute atomic E-state index is 0.459. The van der Waals surface area contributed by atoms with E-state index in [1.165, 1.54) is 10.8 Å². The topological polar surface area (TPSA) is 36.3 Å². The molecular formula is C19H22N2O. The molecule has 1 atom stereocenters. The smallest absolute Gasteiger partial charge is 0.0812 e. The van der Waals surface area contributed by atoms with Gasteiger partial charge in [0.2, 0.25) is 0 Å². The molecule has 3 nitrogen and oxygen atoms in total. The monoisotopic (exact) mass is 294 g/mol. The summed E-state index contributed by atoms with van der Waals surface area (Å²) in [6.45, 7) is 6.55. The fourth-order valence-corrected chi connectivity index (χ4v) is 3.16. The van der Waals surface area contributed by atoms with Crippen molar-refractivity contribution in [3.63, 3.8) is 0 Å². The van der Waals surface area contributed by atoms with E-state index in [0.29, 0.717) is 0 Å². The molecule has 0 N–H and O–H groups in total. The second kappa shape index (κ2) is 6.48. The number of ether oxygens (including phenoxy) is 1. The van der Waals surface area contributed by atoms with Crippen molar-refractivity contribution < 1.29 is 4.74 Å². The molecule has 2 aromatic carbocycles. The zero-order valence-electron chi connectivity index (χ0n) is 13.1. The Hall–Kier alpha value is -1.89. The molecule has 114 valence electrons. The molecule has 0 aromatic heterocycles.